The minimum absolute atomic E-state index is 0.158. The quantitative estimate of drug-likeness (QED) is 0.598. The van der Waals surface area contributed by atoms with Gasteiger partial charge in [-0.15, -0.1) is 0 Å². The number of fused-ring (bicyclic) bond motifs is 1. The molecule has 2 unspecified atom stereocenters. The van der Waals surface area contributed by atoms with Gasteiger partial charge in [0.1, 0.15) is 0 Å². The van der Waals surface area contributed by atoms with Gasteiger partial charge in [-0.25, -0.2) is 0 Å². The van der Waals surface area contributed by atoms with Gasteiger partial charge in [0.05, 0.1) is 13.2 Å². The van der Waals surface area contributed by atoms with Crippen LogP contribution in [0.5, 0.6) is 0 Å². The zero-order chi connectivity index (χ0) is 13.0. The third-order valence-electron chi connectivity index (χ3n) is 3.63. The molecule has 1 aromatic carbocycles. The van der Waals surface area contributed by atoms with Gasteiger partial charge in [0, 0.05) is 19.8 Å². The number of hydrogen-bond donors (Lipinski definition) is 2. The Morgan fingerprint density at radius 2 is 2.17 bits per heavy atom. The first-order valence-electron chi connectivity index (χ1n) is 6.40. The Morgan fingerprint density at radius 3 is 2.89 bits per heavy atom. The Balaban J connectivity index is 2.12. The molecule has 0 radical (unpaired) electrons. The van der Waals surface area contributed by atoms with Crippen molar-refractivity contribution in [2.75, 3.05) is 13.7 Å². The Bertz CT molecular complexity index is 395. The van der Waals surface area contributed by atoms with Crippen molar-refractivity contribution < 1.29 is 9.47 Å². The van der Waals surface area contributed by atoms with Crippen LogP contribution in [0.25, 0.3) is 0 Å². The summed E-state index contributed by atoms with van der Waals surface area (Å²) in [6.07, 6.45) is 0.985. The summed E-state index contributed by atoms with van der Waals surface area (Å²) in [6.45, 7) is 4.39. The van der Waals surface area contributed by atoms with Crippen molar-refractivity contribution in [1.82, 2.24) is 5.43 Å². The molecule has 0 bridgehead atoms. The lowest BCUT2D eigenvalue weighted by molar-refractivity contribution is 0.134. The first-order valence-corrected chi connectivity index (χ1v) is 6.40. The van der Waals surface area contributed by atoms with Crippen LogP contribution in [0, 0.1) is 5.92 Å². The van der Waals surface area contributed by atoms with Crippen molar-refractivity contribution in [3.8, 4) is 0 Å². The molecule has 0 aliphatic carbocycles. The fourth-order valence-electron chi connectivity index (χ4n) is 2.44. The van der Waals surface area contributed by atoms with Gasteiger partial charge >= 0.3 is 0 Å². The number of hydrogen-bond acceptors (Lipinski definition) is 4. The standard InChI is InChI=1S/C14H22N2O2/c1-10(5-6-17-2)14(16-15)11-3-4-12-8-18-9-13(12)7-11/h3-4,7,10,14,16H,5-6,8-9,15H2,1-2H3. The van der Waals surface area contributed by atoms with Gasteiger partial charge in [-0.3, -0.25) is 11.3 Å². The number of ether oxygens (including phenoxy) is 2. The number of hydrazine groups is 1. The van der Waals surface area contributed by atoms with E-state index in [9.17, 15) is 0 Å². The highest BCUT2D eigenvalue weighted by Gasteiger charge is 2.20. The molecule has 4 nitrogen and oxygen atoms in total. The highest BCUT2D eigenvalue weighted by molar-refractivity contribution is 5.34. The minimum atomic E-state index is 0.158. The lowest BCUT2D eigenvalue weighted by Crippen LogP contribution is -2.33. The minimum Gasteiger partial charge on any atom is -0.385 e. The zero-order valence-corrected chi connectivity index (χ0v) is 11.1. The van der Waals surface area contributed by atoms with E-state index < -0.39 is 0 Å². The van der Waals surface area contributed by atoms with Crippen LogP contribution < -0.4 is 11.3 Å². The average molecular weight is 250 g/mol. The summed E-state index contributed by atoms with van der Waals surface area (Å²) in [6, 6.07) is 6.65. The van der Waals surface area contributed by atoms with Crippen LogP contribution in [-0.4, -0.2) is 13.7 Å². The Morgan fingerprint density at radius 1 is 1.39 bits per heavy atom. The van der Waals surface area contributed by atoms with E-state index in [1.54, 1.807) is 7.11 Å². The van der Waals surface area contributed by atoms with Gasteiger partial charge in [-0.1, -0.05) is 25.1 Å². The molecule has 4 heteroatoms. The van der Waals surface area contributed by atoms with E-state index in [1.165, 1.54) is 16.7 Å². The summed E-state index contributed by atoms with van der Waals surface area (Å²) in [7, 11) is 1.73. The van der Waals surface area contributed by atoms with Crippen LogP contribution in [0.3, 0.4) is 0 Å². The van der Waals surface area contributed by atoms with E-state index in [1.807, 2.05) is 0 Å². The van der Waals surface area contributed by atoms with Crippen molar-refractivity contribution in [2.24, 2.45) is 11.8 Å². The van der Waals surface area contributed by atoms with Crippen molar-refractivity contribution in [1.29, 1.82) is 0 Å². The van der Waals surface area contributed by atoms with Gasteiger partial charge in [-0.2, -0.15) is 0 Å². The number of nitrogens with one attached hydrogen (secondary N) is 1. The van der Waals surface area contributed by atoms with Gasteiger partial charge < -0.3 is 9.47 Å². The van der Waals surface area contributed by atoms with Crippen molar-refractivity contribution in [3.05, 3.63) is 34.9 Å². The third kappa shape index (κ3) is 2.90. The summed E-state index contributed by atoms with van der Waals surface area (Å²) < 4.78 is 10.6. The van der Waals surface area contributed by atoms with E-state index in [-0.39, 0.29) is 6.04 Å². The Kier molecular flexibility index (Phi) is 4.72. The second-order valence-corrected chi connectivity index (χ2v) is 4.92. The third-order valence-corrected chi connectivity index (χ3v) is 3.63. The predicted octanol–water partition coefficient (Wildman–Crippen LogP) is 1.89. The zero-order valence-electron chi connectivity index (χ0n) is 11.1. The topological polar surface area (TPSA) is 56.5 Å². The van der Waals surface area contributed by atoms with Crippen LogP contribution in [0.1, 0.15) is 36.1 Å². The summed E-state index contributed by atoms with van der Waals surface area (Å²) in [5.41, 5.74) is 6.72. The van der Waals surface area contributed by atoms with Gasteiger partial charge in [-0.05, 0) is 29.0 Å². The van der Waals surface area contributed by atoms with Gasteiger partial charge in [0.25, 0.3) is 0 Å². The van der Waals surface area contributed by atoms with Gasteiger partial charge in [0.2, 0.25) is 0 Å². The van der Waals surface area contributed by atoms with Crippen LogP contribution in [0.2, 0.25) is 0 Å². The van der Waals surface area contributed by atoms with E-state index in [4.69, 9.17) is 15.3 Å². The molecule has 1 aliphatic heterocycles. The first-order chi connectivity index (χ1) is 8.76. The number of methoxy groups -OCH3 is 1. The van der Waals surface area contributed by atoms with Crippen molar-refractivity contribution in [3.63, 3.8) is 0 Å². The highest BCUT2D eigenvalue weighted by Crippen LogP contribution is 2.28. The molecule has 2 atom stereocenters. The second kappa shape index (κ2) is 6.29. The summed E-state index contributed by atoms with van der Waals surface area (Å²) in [4.78, 5) is 0. The smallest absolute Gasteiger partial charge is 0.0725 e. The fourth-order valence-corrected chi connectivity index (χ4v) is 2.44. The maximum absolute atomic E-state index is 5.70. The average Bonchev–Trinajstić information content (AvgIpc) is 2.84. The van der Waals surface area contributed by atoms with Crippen LogP contribution >= 0.6 is 0 Å². The predicted molar refractivity (Wildman–Crippen MR) is 70.7 cm³/mol. The van der Waals surface area contributed by atoms with Crippen LogP contribution in [0.4, 0.5) is 0 Å². The lowest BCUT2D eigenvalue weighted by Gasteiger charge is -2.24. The maximum Gasteiger partial charge on any atom is 0.0725 e. The molecule has 1 heterocycles. The van der Waals surface area contributed by atoms with Crippen LogP contribution in [-0.2, 0) is 22.7 Å². The Labute approximate surface area is 108 Å². The molecule has 3 N–H and O–H groups in total. The molecule has 0 saturated carbocycles. The van der Waals surface area contributed by atoms with E-state index in [0.29, 0.717) is 12.5 Å². The van der Waals surface area contributed by atoms with Crippen molar-refractivity contribution in [2.45, 2.75) is 32.6 Å². The van der Waals surface area contributed by atoms with E-state index >= 15 is 0 Å². The number of benzene rings is 1. The summed E-state index contributed by atoms with van der Waals surface area (Å²) in [5.74, 6) is 6.13. The number of nitrogens with two attached hydrogens (primary N) is 1. The number of rotatable bonds is 6. The van der Waals surface area contributed by atoms with E-state index in [2.05, 4.69) is 30.5 Å². The maximum atomic E-state index is 5.70. The molecule has 0 saturated heterocycles. The normalized spacial score (nSPS) is 17.5. The molecule has 1 aromatic rings. The molecule has 0 fully saturated rings. The molecule has 0 spiro atoms. The fraction of sp³-hybridized carbons (Fsp3) is 0.571. The van der Waals surface area contributed by atoms with Gasteiger partial charge in [0.15, 0.2) is 0 Å². The molecular weight excluding hydrogens is 228 g/mol. The molecule has 1 aliphatic rings. The molecule has 0 aromatic heterocycles. The molecular formula is C14H22N2O2. The molecule has 0 amide bonds. The monoisotopic (exact) mass is 250 g/mol. The molecule has 18 heavy (non-hydrogen) atoms. The van der Waals surface area contributed by atoms with E-state index in [0.717, 1.165) is 19.6 Å². The summed E-state index contributed by atoms with van der Waals surface area (Å²) in [5, 5.41) is 0. The molecule has 100 valence electrons. The largest absolute Gasteiger partial charge is 0.385 e. The second-order valence-electron chi connectivity index (χ2n) is 4.92. The van der Waals surface area contributed by atoms with Crippen LogP contribution in [0.15, 0.2) is 18.2 Å². The molecule has 2 rings (SSSR count). The lowest BCUT2D eigenvalue weighted by atomic mass is 9.91. The summed E-state index contributed by atoms with van der Waals surface area (Å²) >= 11 is 0. The Hall–Kier alpha value is -0.940. The highest BCUT2D eigenvalue weighted by atomic mass is 16.5. The first kappa shape index (κ1) is 13.5. The van der Waals surface area contributed by atoms with Crippen molar-refractivity contribution >= 4 is 0 Å². The SMILES string of the molecule is COCCC(C)C(NN)c1ccc2c(c1)COC2.